The van der Waals surface area contributed by atoms with E-state index in [-0.39, 0.29) is 11.7 Å². The number of carbonyl (C=O) groups excluding carboxylic acids is 1. The van der Waals surface area contributed by atoms with Gasteiger partial charge in [-0.15, -0.1) is 0 Å². The van der Waals surface area contributed by atoms with Gasteiger partial charge in [-0.05, 0) is 42.0 Å². The van der Waals surface area contributed by atoms with E-state index in [4.69, 9.17) is 4.74 Å². The molecule has 0 bridgehead atoms. The Balaban J connectivity index is 1.60. The zero-order valence-electron chi connectivity index (χ0n) is 14.2. The molecular formula is C20H18FN3O2. The largest absolute Gasteiger partial charge is 0.496 e. The zero-order valence-corrected chi connectivity index (χ0v) is 14.2. The van der Waals surface area contributed by atoms with Crippen molar-refractivity contribution in [3.05, 3.63) is 83.8 Å². The lowest BCUT2D eigenvalue weighted by Gasteiger charge is -2.10. The highest BCUT2D eigenvalue weighted by atomic mass is 19.1. The minimum absolute atomic E-state index is 0.259. The average molecular weight is 351 g/mol. The summed E-state index contributed by atoms with van der Waals surface area (Å²) in [6, 6.07) is 16.8. The molecule has 26 heavy (non-hydrogen) atoms. The van der Waals surface area contributed by atoms with E-state index >= 15 is 0 Å². The van der Waals surface area contributed by atoms with Crippen LogP contribution in [0.5, 0.6) is 5.75 Å². The smallest absolute Gasteiger partial charge is 0.260 e. The van der Waals surface area contributed by atoms with Crippen LogP contribution in [0.4, 0.5) is 15.9 Å². The lowest BCUT2D eigenvalue weighted by atomic mass is 10.2. The molecule has 1 amide bonds. The van der Waals surface area contributed by atoms with E-state index in [1.165, 1.54) is 19.2 Å². The van der Waals surface area contributed by atoms with Crippen molar-refractivity contribution in [1.82, 2.24) is 4.98 Å². The molecule has 2 N–H and O–H groups in total. The fourth-order valence-electron chi connectivity index (χ4n) is 2.39. The first-order chi connectivity index (χ1) is 12.7. The van der Waals surface area contributed by atoms with E-state index in [2.05, 4.69) is 15.6 Å². The highest BCUT2D eigenvalue weighted by Gasteiger charge is 2.12. The van der Waals surface area contributed by atoms with Gasteiger partial charge >= 0.3 is 0 Å². The molecule has 1 aromatic heterocycles. The number of ether oxygens (including phenoxy) is 1. The van der Waals surface area contributed by atoms with Gasteiger partial charge in [0, 0.05) is 6.54 Å². The van der Waals surface area contributed by atoms with Gasteiger partial charge in [0.1, 0.15) is 17.4 Å². The topological polar surface area (TPSA) is 63.2 Å². The molecule has 0 atom stereocenters. The SMILES string of the molecule is COc1ccccc1C(=O)Nc1ccc(NCc2ccc(F)cc2)cn1. The second-order valence-electron chi connectivity index (χ2n) is 5.57. The van der Waals surface area contributed by atoms with Crippen molar-refractivity contribution in [2.24, 2.45) is 0 Å². The van der Waals surface area contributed by atoms with Gasteiger partial charge in [0.2, 0.25) is 0 Å². The number of halogens is 1. The Morgan fingerprint density at radius 3 is 2.54 bits per heavy atom. The number of hydrogen-bond donors (Lipinski definition) is 2. The Hall–Kier alpha value is -3.41. The molecule has 0 aliphatic carbocycles. The van der Waals surface area contributed by atoms with Gasteiger partial charge in [-0.3, -0.25) is 4.79 Å². The summed E-state index contributed by atoms with van der Waals surface area (Å²) in [6.07, 6.45) is 1.63. The number of aromatic nitrogens is 1. The molecule has 0 fully saturated rings. The third kappa shape index (κ3) is 4.36. The summed E-state index contributed by atoms with van der Waals surface area (Å²) in [7, 11) is 1.52. The van der Waals surface area contributed by atoms with Crippen LogP contribution in [0, 0.1) is 5.82 Å². The Morgan fingerprint density at radius 2 is 1.85 bits per heavy atom. The fourth-order valence-corrected chi connectivity index (χ4v) is 2.39. The third-order valence-corrected chi connectivity index (χ3v) is 3.77. The van der Waals surface area contributed by atoms with E-state index < -0.39 is 0 Å². The van der Waals surface area contributed by atoms with Gasteiger partial charge < -0.3 is 15.4 Å². The Kier molecular flexibility index (Phi) is 5.43. The number of amides is 1. The maximum atomic E-state index is 12.9. The predicted molar refractivity (Wildman–Crippen MR) is 98.9 cm³/mol. The molecule has 0 radical (unpaired) electrons. The van der Waals surface area contributed by atoms with Gasteiger partial charge in [-0.1, -0.05) is 24.3 Å². The van der Waals surface area contributed by atoms with Crippen molar-refractivity contribution in [2.45, 2.75) is 6.54 Å². The summed E-state index contributed by atoms with van der Waals surface area (Å²) >= 11 is 0. The molecule has 0 aliphatic heterocycles. The first kappa shape index (κ1) is 17.4. The van der Waals surface area contributed by atoms with Gasteiger partial charge in [0.15, 0.2) is 0 Å². The molecule has 0 saturated carbocycles. The van der Waals surface area contributed by atoms with Gasteiger partial charge in [-0.2, -0.15) is 0 Å². The van der Waals surface area contributed by atoms with E-state index in [1.54, 1.807) is 48.7 Å². The van der Waals surface area contributed by atoms with Crippen LogP contribution in [0.2, 0.25) is 0 Å². The van der Waals surface area contributed by atoms with Crippen LogP contribution in [0.3, 0.4) is 0 Å². The molecule has 3 rings (SSSR count). The summed E-state index contributed by atoms with van der Waals surface area (Å²) < 4.78 is 18.1. The number of rotatable bonds is 6. The molecule has 0 unspecified atom stereocenters. The van der Waals surface area contributed by atoms with E-state index in [9.17, 15) is 9.18 Å². The molecule has 0 aliphatic rings. The molecule has 3 aromatic rings. The second kappa shape index (κ2) is 8.11. The molecule has 1 heterocycles. The van der Waals surface area contributed by atoms with Gasteiger partial charge in [0.25, 0.3) is 5.91 Å². The highest BCUT2D eigenvalue weighted by molar-refractivity contribution is 6.05. The molecule has 132 valence electrons. The Labute approximate surface area is 150 Å². The number of para-hydroxylation sites is 1. The van der Waals surface area contributed by atoms with Crippen LogP contribution >= 0.6 is 0 Å². The van der Waals surface area contributed by atoms with Crippen molar-refractivity contribution in [3.63, 3.8) is 0 Å². The molecular weight excluding hydrogens is 333 g/mol. The maximum absolute atomic E-state index is 12.9. The summed E-state index contributed by atoms with van der Waals surface area (Å²) in [6.45, 7) is 0.550. The number of nitrogens with one attached hydrogen (secondary N) is 2. The number of anilines is 2. The minimum Gasteiger partial charge on any atom is -0.496 e. The van der Waals surface area contributed by atoms with E-state index in [1.807, 2.05) is 6.07 Å². The maximum Gasteiger partial charge on any atom is 0.260 e. The normalized spacial score (nSPS) is 10.2. The van der Waals surface area contributed by atoms with Crippen molar-refractivity contribution < 1.29 is 13.9 Å². The summed E-state index contributed by atoms with van der Waals surface area (Å²) in [5, 5.41) is 5.93. The monoisotopic (exact) mass is 351 g/mol. The van der Waals surface area contributed by atoms with Crippen molar-refractivity contribution in [3.8, 4) is 5.75 Å². The van der Waals surface area contributed by atoms with Crippen LogP contribution < -0.4 is 15.4 Å². The van der Waals surface area contributed by atoms with Gasteiger partial charge in [-0.25, -0.2) is 9.37 Å². The lowest BCUT2D eigenvalue weighted by molar-refractivity contribution is 0.102. The third-order valence-electron chi connectivity index (χ3n) is 3.77. The van der Waals surface area contributed by atoms with E-state index in [0.717, 1.165) is 11.3 Å². The first-order valence-electron chi connectivity index (χ1n) is 8.04. The second-order valence-corrected chi connectivity index (χ2v) is 5.57. The first-order valence-corrected chi connectivity index (χ1v) is 8.04. The molecule has 0 saturated heterocycles. The molecule has 0 spiro atoms. The number of methoxy groups -OCH3 is 1. The summed E-state index contributed by atoms with van der Waals surface area (Å²) in [5.74, 6) is 0.392. The van der Waals surface area contributed by atoms with Crippen LogP contribution in [0.15, 0.2) is 66.9 Å². The fraction of sp³-hybridized carbons (Fsp3) is 0.100. The van der Waals surface area contributed by atoms with Crippen molar-refractivity contribution in [1.29, 1.82) is 0 Å². The number of benzene rings is 2. The zero-order chi connectivity index (χ0) is 18.4. The predicted octanol–water partition coefficient (Wildman–Crippen LogP) is 4.09. The summed E-state index contributed by atoms with van der Waals surface area (Å²) in [4.78, 5) is 16.6. The lowest BCUT2D eigenvalue weighted by Crippen LogP contribution is -2.14. The summed E-state index contributed by atoms with van der Waals surface area (Å²) in [5.41, 5.74) is 2.19. The number of pyridine rings is 1. The van der Waals surface area contributed by atoms with E-state index in [0.29, 0.717) is 23.7 Å². The Bertz CT molecular complexity index is 880. The van der Waals surface area contributed by atoms with Crippen LogP contribution in [-0.4, -0.2) is 18.0 Å². The standard InChI is InChI=1S/C20H18FN3O2/c1-26-18-5-3-2-4-17(18)20(25)24-19-11-10-16(13-23-19)22-12-14-6-8-15(21)9-7-14/h2-11,13,22H,12H2,1H3,(H,23,24,25). The number of carbonyl (C=O) groups is 1. The highest BCUT2D eigenvalue weighted by Crippen LogP contribution is 2.19. The Morgan fingerprint density at radius 1 is 1.08 bits per heavy atom. The average Bonchev–Trinajstić information content (AvgIpc) is 2.68. The minimum atomic E-state index is -0.290. The number of hydrogen-bond acceptors (Lipinski definition) is 4. The molecule has 6 heteroatoms. The molecule has 2 aromatic carbocycles. The van der Waals surface area contributed by atoms with Crippen molar-refractivity contribution in [2.75, 3.05) is 17.7 Å². The van der Waals surface area contributed by atoms with Crippen molar-refractivity contribution >= 4 is 17.4 Å². The van der Waals surface area contributed by atoms with Crippen LogP contribution in [0.1, 0.15) is 15.9 Å². The quantitative estimate of drug-likeness (QED) is 0.702. The molecule has 5 nitrogen and oxygen atoms in total. The van der Waals surface area contributed by atoms with Gasteiger partial charge in [0.05, 0.1) is 24.6 Å². The van der Waals surface area contributed by atoms with Crippen LogP contribution in [0.25, 0.3) is 0 Å². The van der Waals surface area contributed by atoms with Crippen LogP contribution in [-0.2, 0) is 6.54 Å². The number of nitrogens with zero attached hydrogens (tertiary/aromatic N) is 1.